The first-order chi connectivity index (χ1) is 21.2. The quantitative estimate of drug-likeness (QED) is 0.326. The van der Waals surface area contributed by atoms with Crippen molar-refractivity contribution in [3.8, 4) is 5.75 Å². The van der Waals surface area contributed by atoms with Crippen LogP contribution in [0.5, 0.6) is 5.75 Å². The van der Waals surface area contributed by atoms with Crippen LogP contribution in [-0.4, -0.2) is 79.1 Å². The molecule has 0 unspecified atom stereocenters. The van der Waals surface area contributed by atoms with Crippen LogP contribution in [0, 0.1) is 5.92 Å². The van der Waals surface area contributed by atoms with Gasteiger partial charge in [0, 0.05) is 56.6 Å². The van der Waals surface area contributed by atoms with Crippen LogP contribution < -0.4 is 26.0 Å². The number of dihydropyridines is 1. The molecule has 0 spiro atoms. The Labute approximate surface area is 256 Å². The van der Waals surface area contributed by atoms with E-state index in [1.165, 1.54) is 7.05 Å². The maximum absolute atomic E-state index is 13.2. The molecule has 0 bridgehead atoms. The largest absolute Gasteiger partial charge is 0.494 e. The third-order valence-corrected chi connectivity index (χ3v) is 7.61. The van der Waals surface area contributed by atoms with E-state index in [0.717, 1.165) is 35.4 Å². The number of ether oxygens (including phenoxy) is 1. The lowest BCUT2D eigenvalue weighted by Gasteiger charge is -2.30. The average Bonchev–Trinajstić information content (AvgIpc) is 3.89. The molecule has 4 N–H and O–H groups in total. The summed E-state index contributed by atoms with van der Waals surface area (Å²) in [4.78, 5) is 41.7. The zero-order valence-electron chi connectivity index (χ0n) is 25.2. The molecule has 2 aromatic rings. The van der Waals surface area contributed by atoms with E-state index in [4.69, 9.17) is 4.74 Å². The molecule has 0 saturated heterocycles. The summed E-state index contributed by atoms with van der Waals surface area (Å²) >= 11 is 0. The number of carbonyl (C=O) groups excluding carboxylic acids is 3. The number of para-hydroxylation sites is 1. The molecular weight excluding hydrogens is 560 g/mol. The Balaban J connectivity index is 1.37. The molecule has 1 aliphatic carbocycles. The minimum atomic E-state index is -0.436. The average molecular weight is 597 g/mol. The van der Waals surface area contributed by atoms with E-state index in [0.29, 0.717) is 35.9 Å². The van der Waals surface area contributed by atoms with Crippen LogP contribution >= 0.6 is 0 Å². The topological polar surface area (TPSA) is 141 Å². The zero-order valence-corrected chi connectivity index (χ0v) is 25.2. The van der Waals surface area contributed by atoms with Crippen molar-refractivity contribution in [1.82, 2.24) is 30.6 Å². The monoisotopic (exact) mass is 596 g/mol. The maximum atomic E-state index is 13.2. The van der Waals surface area contributed by atoms with E-state index >= 15 is 0 Å². The lowest BCUT2D eigenvalue weighted by molar-refractivity contribution is -0.126. The van der Waals surface area contributed by atoms with Gasteiger partial charge in [-0.1, -0.05) is 30.9 Å². The van der Waals surface area contributed by atoms with Gasteiger partial charge in [-0.25, -0.2) is 0 Å². The molecule has 3 amide bonds. The van der Waals surface area contributed by atoms with Crippen molar-refractivity contribution in [2.24, 2.45) is 5.92 Å². The van der Waals surface area contributed by atoms with E-state index < -0.39 is 5.91 Å². The first-order valence-electron chi connectivity index (χ1n) is 14.2. The number of likely N-dealkylation sites (N-methyl/N-ethyl adjacent to an activating group) is 2. The van der Waals surface area contributed by atoms with Crippen LogP contribution in [0.25, 0.3) is 5.57 Å². The smallest absolute Gasteiger partial charge is 0.273 e. The number of amides is 3. The molecule has 0 radical (unpaired) electrons. The number of hydrogen-bond acceptors (Lipinski definition) is 9. The summed E-state index contributed by atoms with van der Waals surface area (Å²) in [6.45, 7) is 4.84. The fraction of sp³-hybridized carbons (Fsp3) is 0.281. The van der Waals surface area contributed by atoms with Gasteiger partial charge < -0.3 is 35.8 Å². The van der Waals surface area contributed by atoms with Crippen LogP contribution in [0.1, 0.15) is 28.9 Å². The van der Waals surface area contributed by atoms with E-state index in [9.17, 15) is 14.4 Å². The number of hydrogen-bond donors (Lipinski definition) is 4. The first kappa shape index (κ1) is 30.1. The highest BCUT2D eigenvalue weighted by Gasteiger charge is 2.30. The number of benzene rings is 1. The lowest BCUT2D eigenvalue weighted by atomic mass is 10.0. The Kier molecular flexibility index (Phi) is 8.79. The molecule has 0 atom stereocenters. The van der Waals surface area contributed by atoms with Gasteiger partial charge in [0.15, 0.2) is 11.5 Å². The molecule has 5 rings (SSSR count). The van der Waals surface area contributed by atoms with Crippen LogP contribution in [0.3, 0.4) is 0 Å². The van der Waals surface area contributed by atoms with Crippen molar-refractivity contribution in [3.05, 3.63) is 89.6 Å². The maximum Gasteiger partial charge on any atom is 0.273 e. The van der Waals surface area contributed by atoms with Gasteiger partial charge in [0.05, 0.1) is 25.0 Å². The number of anilines is 3. The fourth-order valence-corrected chi connectivity index (χ4v) is 4.84. The number of nitrogens with zero attached hydrogens (tertiary/aromatic N) is 4. The number of methoxy groups -OCH3 is 1. The van der Waals surface area contributed by atoms with Gasteiger partial charge >= 0.3 is 0 Å². The van der Waals surface area contributed by atoms with Crippen LogP contribution in [0.15, 0.2) is 78.3 Å². The first-order valence-corrected chi connectivity index (χ1v) is 14.2. The predicted octanol–water partition coefficient (Wildman–Crippen LogP) is 3.17. The van der Waals surface area contributed by atoms with Crippen molar-refractivity contribution in [2.45, 2.75) is 12.8 Å². The molecule has 3 aliphatic rings. The predicted molar refractivity (Wildman–Crippen MR) is 169 cm³/mol. The van der Waals surface area contributed by atoms with Gasteiger partial charge in [0.25, 0.3) is 11.8 Å². The molecule has 3 heterocycles. The minimum absolute atomic E-state index is 0.0138. The van der Waals surface area contributed by atoms with Gasteiger partial charge in [0.2, 0.25) is 5.91 Å². The Hall–Kier alpha value is -5.39. The second-order valence-corrected chi connectivity index (χ2v) is 10.7. The van der Waals surface area contributed by atoms with Crippen molar-refractivity contribution < 1.29 is 19.1 Å². The van der Waals surface area contributed by atoms with Crippen molar-refractivity contribution >= 4 is 40.5 Å². The number of allylic oxidation sites excluding steroid dienone is 5. The van der Waals surface area contributed by atoms with Crippen molar-refractivity contribution in [3.63, 3.8) is 0 Å². The third-order valence-electron chi connectivity index (χ3n) is 7.61. The molecule has 1 aromatic heterocycles. The molecule has 1 saturated carbocycles. The molecular formula is C32H36N8O4. The van der Waals surface area contributed by atoms with E-state index in [2.05, 4.69) is 38.0 Å². The van der Waals surface area contributed by atoms with Gasteiger partial charge in [-0.2, -0.15) is 0 Å². The van der Waals surface area contributed by atoms with E-state index in [1.807, 2.05) is 54.5 Å². The number of aromatic nitrogens is 2. The molecule has 1 fully saturated rings. The number of carbonyl (C=O) groups is 3. The Morgan fingerprint density at radius 2 is 1.95 bits per heavy atom. The SMILES string of the molecule is C=C1C=CC=C(CN(C)C(=O)C2=CC=C(c3cccc(Nc4cc(NC(=O)C5CC5)nnc4C(=O)NC)c3OC)CN2)N1C. The molecule has 12 heteroatoms. The summed E-state index contributed by atoms with van der Waals surface area (Å²) in [5, 5.41) is 19.9. The Bertz CT molecular complexity index is 1640. The van der Waals surface area contributed by atoms with Gasteiger partial charge in [0.1, 0.15) is 11.4 Å². The lowest BCUT2D eigenvalue weighted by Crippen LogP contribution is -2.38. The summed E-state index contributed by atoms with van der Waals surface area (Å²) in [6, 6.07) is 7.17. The molecule has 2 aliphatic heterocycles. The highest BCUT2D eigenvalue weighted by atomic mass is 16.5. The summed E-state index contributed by atoms with van der Waals surface area (Å²) in [7, 11) is 6.76. The molecule has 44 heavy (non-hydrogen) atoms. The molecule has 1 aromatic carbocycles. The number of rotatable bonds is 10. The standard InChI is InChI=1S/C32H36N8O4/c1-19-8-6-9-22(40(19)4)18-39(3)32(43)25-15-14-21(17-34-25)23-10-7-11-24(29(23)44-5)35-26-16-27(36-30(41)20-12-13-20)37-38-28(26)31(42)33-2/h6-11,14-16,20,34H,1,12-13,17-18H2,2-5H3,(H,33,42)(H2,35,36,37,41). The van der Waals surface area contributed by atoms with Crippen molar-refractivity contribution in [1.29, 1.82) is 0 Å². The van der Waals surface area contributed by atoms with Gasteiger partial charge in [-0.15, -0.1) is 10.2 Å². The van der Waals surface area contributed by atoms with Gasteiger partial charge in [-0.05, 0) is 42.7 Å². The van der Waals surface area contributed by atoms with E-state index in [-0.39, 0.29) is 29.2 Å². The fourth-order valence-electron chi connectivity index (χ4n) is 4.84. The summed E-state index contributed by atoms with van der Waals surface area (Å²) in [5.41, 5.74) is 5.01. The van der Waals surface area contributed by atoms with Gasteiger partial charge in [-0.3, -0.25) is 14.4 Å². The highest BCUT2D eigenvalue weighted by molar-refractivity contribution is 6.00. The summed E-state index contributed by atoms with van der Waals surface area (Å²) in [5.74, 6) is 0.0761. The summed E-state index contributed by atoms with van der Waals surface area (Å²) < 4.78 is 5.82. The van der Waals surface area contributed by atoms with Crippen LogP contribution in [0.4, 0.5) is 17.2 Å². The second-order valence-electron chi connectivity index (χ2n) is 10.7. The normalized spacial score (nSPS) is 15.8. The minimum Gasteiger partial charge on any atom is -0.494 e. The Morgan fingerprint density at radius 3 is 2.64 bits per heavy atom. The third kappa shape index (κ3) is 6.48. The molecule has 12 nitrogen and oxygen atoms in total. The zero-order chi connectivity index (χ0) is 31.4. The molecule has 228 valence electrons. The number of nitrogens with one attached hydrogen (secondary N) is 4. The second kappa shape index (κ2) is 12.9. The van der Waals surface area contributed by atoms with Crippen LogP contribution in [-0.2, 0) is 9.59 Å². The van der Waals surface area contributed by atoms with Crippen LogP contribution in [0.2, 0.25) is 0 Å². The highest BCUT2D eigenvalue weighted by Crippen LogP contribution is 2.37. The van der Waals surface area contributed by atoms with E-state index in [1.54, 1.807) is 31.2 Å². The summed E-state index contributed by atoms with van der Waals surface area (Å²) in [6.07, 6.45) is 11.2. The van der Waals surface area contributed by atoms with Crippen molar-refractivity contribution in [2.75, 3.05) is 52.0 Å². The Morgan fingerprint density at radius 1 is 1.16 bits per heavy atom.